The molecule has 5 nitrogen and oxygen atoms in total. The highest BCUT2D eigenvalue weighted by Gasteiger charge is 2.29. The van der Waals surface area contributed by atoms with Gasteiger partial charge in [0.2, 0.25) is 0 Å². The highest BCUT2D eigenvalue weighted by Crippen LogP contribution is 2.36. The molecule has 282 valence electrons. The van der Waals surface area contributed by atoms with E-state index in [1.807, 2.05) is 36.4 Å². The molecular formula is C45H40B12N4O. The highest BCUT2D eigenvalue weighted by atomic mass is 16.3. The molecule has 0 aliphatic heterocycles. The second-order valence-electron chi connectivity index (χ2n) is 17.5. The fourth-order valence-electron chi connectivity index (χ4n) is 10.4. The molecule has 3 heterocycles. The molecule has 0 spiro atoms. The zero-order chi connectivity index (χ0) is 43.5. The van der Waals surface area contributed by atoms with Crippen molar-refractivity contribution in [3.63, 3.8) is 0 Å². The summed E-state index contributed by atoms with van der Waals surface area (Å²) in [6.07, 6.45) is 0. The van der Waals surface area contributed by atoms with E-state index in [4.69, 9.17) is 19.4 Å². The zero-order valence-corrected chi connectivity index (χ0v) is 37.9. The molecule has 0 atom stereocenters. The zero-order valence-electron chi connectivity index (χ0n) is 37.9. The van der Waals surface area contributed by atoms with Gasteiger partial charge in [0, 0.05) is 55.0 Å². The third-order valence-corrected chi connectivity index (χ3v) is 14.3. The molecule has 0 amide bonds. The molecule has 0 radical (unpaired) electrons. The summed E-state index contributed by atoms with van der Waals surface area (Å²) in [7, 11) is 27.2. The predicted molar refractivity (Wildman–Crippen MR) is 301 cm³/mol. The predicted octanol–water partition coefficient (Wildman–Crippen LogP) is -9.36. The van der Waals surface area contributed by atoms with Gasteiger partial charge >= 0.3 is 0 Å². The third kappa shape index (κ3) is 5.76. The van der Waals surface area contributed by atoms with Crippen molar-refractivity contribution < 1.29 is 4.42 Å². The summed E-state index contributed by atoms with van der Waals surface area (Å²) < 4.78 is 9.84. The van der Waals surface area contributed by atoms with Gasteiger partial charge in [-0.2, -0.15) is 0 Å². The minimum Gasteiger partial charge on any atom is -0.457 e. The van der Waals surface area contributed by atoms with Gasteiger partial charge in [-0.15, -0.1) is 5.46 Å². The van der Waals surface area contributed by atoms with E-state index in [0.717, 1.165) is 60.5 Å². The van der Waals surface area contributed by atoms with Gasteiger partial charge in [0.25, 0.3) is 0 Å². The first-order chi connectivity index (χ1) is 29.8. The summed E-state index contributed by atoms with van der Waals surface area (Å²) in [5.74, 6) is 1.93. The first kappa shape index (κ1) is 40.0. The smallest absolute Gasteiger partial charge is 0.164 e. The van der Waals surface area contributed by atoms with Crippen LogP contribution < -0.4 is 65.6 Å². The van der Waals surface area contributed by atoms with E-state index in [1.165, 1.54) is 82.3 Å². The van der Waals surface area contributed by atoms with Gasteiger partial charge in [0.1, 0.15) is 105 Å². The number of benzene rings is 7. The molecule has 0 saturated carbocycles. The molecule has 3 aromatic heterocycles. The molecule has 0 aliphatic rings. The summed E-state index contributed by atoms with van der Waals surface area (Å²) in [4.78, 5) is 15.3. The number of furan rings is 1. The Morgan fingerprint density at radius 3 is 1.39 bits per heavy atom. The lowest BCUT2D eigenvalue weighted by Gasteiger charge is -2.21. The molecule has 0 aliphatic carbocycles. The van der Waals surface area contributed by atoms with Crippen molar-refractivity contribution in [2.24, 2.45) is 0 Å². The van der Waals surface area contributed by atoms with Gasteiger partial charge in [-0.1, -0.05) is 146 Å². The lowest BCUT2D eigenvalue weighted by atomic mass is 9.64. The van der Waals surface area contributed by atoms with Gasteiger partial charge in [-0.05, 0) is 22.1 Å². The Hall–Kier alpha value is -6.07. The van der Waals surface area contributed by atoms with Crippen LogP contribution in [0.4, 0.5) is 0 Å². The van der Waals surface area contributed by atoms with Crippen LogP contribution in [0.5, 0.6) is 0 Å². The first-order valence-electron chi connectivity index (χ1n) is 21.7. The van der Waals surface area contributed by atoms with Crippen LogP contribution in [-0.4, -0.2) is 114 Å². The van der Waals surface area contributed by atoms with Crippen molar-refractivity contribution in [2.45, 2.75) is 0 Å². The first-order valence-corrected chi connectivity index (χ1v) is 21.7. The molecule has 0 unspecified atom stereocenters. The van der Waals surface area contributed by atoms with Crippen molar-refractivity contribution >= 4 is 203 Å². The van der Waals surface area contributed by atoms with E-state index in [9.17, 15) is 0 Å². The summed E-state index contributed by atoms with van der Waals surface area (Å²) in [5, 5.41) is 4.94. The van der Waals surface area contributed by atoms with Crippen molar-refractivity contribution in [1.82, 2.24) is 19.5 Å². The summed E-state index contributed by atoms with van der Waals surface area (Å²) >= 11 is 0. The Morgan fingerprint density at radius 1 is 0.371 bits per heavy atom. The van der Waals surface area contributed by atoms with Crippen LogP contribution in [0, 0.1) is 0 Å². The van der Waals surface area contributed by atoms with Crippen LogP contribution in [0.15, 0.2) is 101 Å². The summed E-state index contributed by atoms with van der Waals surface area (Å²) in [6.45, 7) is 0. The van der Waals surface area contributed by atoms with Crippen molar-refractivity contribution in [3.05, 3.63) is 97.1 Å². The SMILES string of the molecule is Bc1cc2c(oc3c(B)c(-c4nc(-c5ccccc5)nc(-c5ccccc5)n4)c(B)c(B)c32)c(B)c1-n1c2c(B)c(B)c(B)c(B)c2c2c(-c3ccccc3)c(B)c(B)c(B)c21. The molecule has 0 fully saturated rings. The largest absolute Gasteiger partial charge is 0.457 e. The van der Waals surface area contributed by atoms with Gasteiger partial charge in [-0.3, -0.25) is 0 Å². The molecule has 0 N–H and O–H groups in total. The number of nitrogens with zero attached hydrogens (tertiary/aromatic N) is 4. The van der Waals surface area contributed by atoms with Gasteiger partial charge in [0.05, 0.1) is 0 Å². The molecule has 7 aromatic carbocycles. The standard InChI is InChI=1S/C45H40B12N4O/c46-21-16-20-23-28(48)30(50)26(45-59-43(18-12-6-2-7-13-18)58-44(60-45)19-14-8-3-9-15-19)31(51)42(23)62-41(20)37(57)38(21)61-39-24(25-29(49)32(52)34(54)36(56)40(25)61)22(17-10-4-1-5-11-17)27(47)33(53)35(39)55/h1-16H,46-57H2. The van der Waals surface area contributed by atoms with Crippen molar-refractivity contribution in [1.29, 1.82) is 0 Å². The minimum atomic E-state index is 0.643. The number of fused-ring (bicyclic) bond motifs is 6. The third-order valence-electron chi connectivity index (χ3n) is 14.3. The van der Waals surface area contributed by atoms with Crippen molar-refractivity contribution in [2.75, 3.05) is 0 Å². The Balaban J connectivity index is 1.29. The summed E-state index contributed by atoms with van der Waals surface area (Å²) in [6, 6.07) is 33.7. The van der Waals surface area contributed by atoms with E-state index < -0.39 is 0 Å². The lowest BCUT2D eigenvalue weighted by Crippen LogP contribution is -2.48. The summed E-state index contributed by atoms with van der Waals surface area (Å²) in [5.41, 5.74) is 25.9. The normalized spacial score (nSPS) is 11.7. The monoisotopic (exact) mass is 784 g/mol. The maximum Gasteiger partial charge on any atom is 0.164 e. The average molecular weight is 783 g/mol. The Kier molecular flexibility index (Phi) is 9.55. The fraction of sp³-hybridized carbons (Fsp3) is 0. The van der Waals surface area contributed by atoms with Crippen LogP contribution >= 0.6 is 0 Å². The minimum absolute atomic E-state index is 0.643. The van der Waals surface area contributed by atoms with Crippen LogP contribution in [-0.2, 0) is 0 Å². The van der Waals surface area contributed by atoms with Crippen LogP contribution in [0.3, 0.4) is 0 Å². The second kappa shape index (κ2) is 14.8. The number of hydrogen-bond acceptors (Lipinski definition) is 4. The lowest BCUT2D eigenvalue weighted by molar-refractivity contribution is 0.674. The molecule has 10 rings (SSSR count). The topological polar surface area (TPSA) is 56.7 Å². The van der Waals surface area contributed by atoms with Gasteiger partial charge in [-0.25, -0.2) is 15.0 Å². The van der Waals surface area contributed by atoms with Crippen LogP contribution in [0.1, 0.15) is 0 Å². The Morgan fingerprint density at radius 2 is 0.823 bits per heavy atom. The van der Waals surface area contributed by atoms with E-state index in [1.54, 1.807) is 0 Å². The molecule has 10 aromatic rings. The fourth-order valence-corrected chi connectivity index (χ4v) is 10.4. The number of aromatic nitrogens is 4. The van der Waals surface area contributed by atoms with E-state index >= 15 is 0 Å². The molecule has 17 heteroatoms. The van der Waals surface area contributed by atoms with Crippen LogP contribution in [0.2, 0.25) is 0 Å². The number of hydrogen-bond donors (Lipinski definition) is 0. The Bertz CT molecular complexity index is 3480. The Labute approximate surface area is 373 Å². The second-order valence-corrected chi connectivity index (χ2v) is 17.5. The van der Waals surface area contributed by atoms with Crippen LogP contribution in [0.25, 0.3) is 94.7 Å². The molecule has 0 saturated heterocycles. The molecule has 62 heavy (non-hydrogen) atoms. The highest BCUT2D eigenvalue weighted by molar-refractivity contribution is 6.69. The maximum absolute atomic E-state index is 7.24. The van der Waals surface area contributed by atoms with E-state index in [-0.39, 0.29) is 0 Å². The van der Waals surface area contributed by atoms with Crippen molar-refractivity contribution in [3.8, 4) is 51.0 Å². The quantitative estimate of drug-likeness (QED) is 0.163. The maximum atomic E-state index is 7.24. The number of rotatable bonds is 5. The molecule has 0 bridgehead atoms. The van der Waals surface area contributed by atoms with E-state index in [0.29, 0.717) is 17.5 Å². The van der Waals surface area contributed by atoms with E-state index in [2.05, 4.69) is 159 Å². The van der Waals surface area contributed by atoms with Gasteiger partial charge < -0.3 is 8.98 Å². The average Bonchev–Trinajstić information content (AvgIpc) is 3.84. The van der Waals surface area contributed by atoms with Gasteiger partial charge in [0.15, 0.2) is 17.5 Å². The molecular weight excluding hydrogens is 742 g/mol.